The highest BCUT2D eigenvalue weighted by Gasteiger charge is 2.21. The van der Waals surface area contributed by atoms with Gasteiger partial charge in [-0.15, -0.1) is 0 Å². The third kappa shape index (κ3) is 3.00. The summed E-state index contributed by atoms with van der Waals surface area (Å²) in [6, 6.07) is 7.93. The highest BCUT2D eigenvalue weighted by Crippen LogP contribution is 2.25. The third-order valence-electron chi connectivity index (χ3n) is 4.05. The number of hydrogen-bond acceptors (Lipinski definition) is 3. The summed E-state index contributed by atoms with van der Waals surface area (Å²) in [4.78, 5) is 16.7. The fourth-order valence-electron chi connectivity index (χ4n) is 2.94. The maximum atomic E-state index is 12.2. The second-order valence-electron chi connectivity index (χ2n) is 5.56. The molecule has 1 amide bonds. The number of amides is 1. The summed E-state index contributed by atoms with van der Waals surface area (Å²) >= 11 is 0. The van der Waals surface area contributed by atoms with E-state index in [9.17, 15) is 4.79 Å². The van der Waals surface area contributed by atoms with Gasteiger partial charge in [-0.25, -0.2) is 0 Å². The lowest BCUT2D eigenvalue weighted by Gasteiger charge is -2.20. The highest BCUT2D eigenvalue weighted by molar-refractivity contribution is 6.01. The van der Waals surface area contributed by atoms with Crippen molar-refractivity contribution in [2.45, 2.75) is 32.1 Å². The van der Waals surface area contributed by atoms with Gasteiger partial charge in [-0.05, 0) is 25.0 Å². The predicted octanol–water partition coefficient (Wildman–Crippen LogP) is 2.56. The number of amidine groups is 1. The molecule has 106 valence electrons. The first-order valence-electron chi connectivity index (χ1n) is 7.52. The molecule has 4 heteroatoms. The minimum Gasteiger partial charge on any atom is -0.368 e. The Morgan fingerprint density at radius 2 is 2.10 bits per heavy atom. The van der Waals surface area contributed by atoms with Crippen LogP contribution in [0.2, 0.25) is 0 Å². The number of carbonyl (C=O) groups is 1. The molecule has 2 aliphatic rings. The van der Waals surface area contributed by atoms with Crippen LogP contribution in [-0.2, 0) is 4.79 Å². The molecular formula is C16H21N3O. The fourth-order valence-corrected chi connectivity index (χ4v) is 2.94. The van der Waals surface area contributed by atoms with Crippen LogP contribution in [0.1, 0.15) is 37.7 Å². The normalized spacial score (nSPS) is 19.3. The van der Waals surface area contributed by atoms with E-state index in [1.165, 1.54) is 19.3 Å². The Morgan fingerprint density at radius 1 is 1.25 bits per heavy atom. The Bertz CT molecular complexity index is 518. The quantitative estimate of drug-likeness (QED) is 0.887. The Kier molecular flexibility index (Phi) is 4.00. The molecule has 0 saturated heterocycles. The van der Waals surface area contributed by atoms with E-state index in [2.05, 4.69) is 15.6 Å². The molecule has 1 aromatic carbocycles. The number of hydrogen-bond donors (Lipinski definition) is 2. The van der Waals surface area contributed by atoms with Gasteiger partial charge in [0.15, 0.2) is 0 Å². The monoisotopic (exact) mass is 271 g/mol. The molecule has 0 aromatic heterocycles. The van der Waals surface area contributed by atoms with E-state index in [0.717, 1.165) is 43.0 Å². The first-order chi connectivity index (χ1) is 9.83. The van der Waals surface area contributed by atoms with E-state index in [1.54, 1.807) is 0 Å². The molecule has 1 fully saturated rings. The topological polar surface area (TPSA) is 53.5 Å². The zero-order valence-corrected chi connectivity index (χ0v) is 11.7. The van der Waals surface area contributed by atoms with Gasteiger partial charge < -0.3 is 10.6 Å². The largest absolute Gasteiger partial charge is 0.368 e. The Balaban J connectivity index is 1.67. The van der Waals surface area contributed by atoms with Gasteiger partial charge >= 0.3 is 0 Å². The standard InChI is InChI=1S/C16H21N3O/c20-16(12-5-2-1-3-6-12)19-14-8-4-7-13(11-14)15-17-9-10-18-15/h4,7-8,11-12H,1-3,5-6,9-10H2,(H,17,18)(H,19,20). The minimum atomic E-state index is 0.170. The van der Waals surface area contributed by atoms with E-state index in [1.807, 2.05) is 24.3 Å². The molecule has 1 heterocycles. The molecule has 1 aromatic rings. The number of anilines is 1. The smallest absolute Gasteiger partial charge is 0.227 e. The Hall–Kier alpha value is -1.84. The summed E-state index contributed by atoms with van der Waals surface area (Å²) in [7, 11) is 0. The maximum Gasteiger partial charge on any atom is 0.227 e. The van der Waals surface area contributed by atoms with Crippen LogP contribution in [0.3, 0.4) is 0 Å². The van der Waals surface area contributed by atoms with Crippen LogP contribution in [0.4, 0.5) is 5.69 Å². The first-order valence-corrected chi connectivity index (χ1v) is 7.52. The average Bonchev–Trinajstić information content (AvgIpc) is 3.03. The zero-order chi connectivity index (χ0) is 13.8. The second-order valence-corrected chi connectivity index (χ2v) is 5.56. The lowest BCUT2D eigenvalue weighted by molar-refractivity contribution is -0.120. The molecule has 20 heavy (non-hydrogen) atoms. The van der Waals surface area contributed by atoms with E-state index in [4.69, 9.17) is 0 Å². The summed E-state index contributed by atoms with van der Waals surface area (Å²) in [5.74, 6) is 1.29. The molecule has 0 spiro atoms. The average molecular weight is 271 g/mol. The van der Waals surface area contributed by atoms with E-state index >= 15 is 0 Å². The first kappa shape index (κ1) is 13.2. The van der Waals surface area contributed by atoms with Crippen LogP contribution in [0.25, 0.3) is 0 Å². The van der Waals surface area contributed by atoms with Crippen molar-refractivity contribution in [1.29, 1.82) is 0 Å². The molecule has 0 atom stereocenters. The number of nitrogens with one attached hydrogen (secondary N) is 2. The Morgan fingerprint density at radius 3 is 2.85 bits per heavy atom. The number of rotatable bonds is 3. The SMILES string of the molecule is O=C(Nc1cccc(C2=NCCN2)c1)C1CCCCC1. The molecule has 0 radical (unpaired) electrons. The number of carbonyl (C=O) groups excluding carboxylic acids is 1. The van der Waals surface area contributed by atoms with Crippen molar-refractivity contribution in [1.82, 2.24) is 5.32 Å². The van der Waals surface area contributed by atoms with Crippen LogP contribution in [0.5, 0.6) is 0 Å². The molecule has 4 nitrogen and oxygen atoms in total. The van der Waals surface area contributed by atoms with Crippen molar-refractivity contribution >= 4 is 17.4 Å². The molecule has 1 saturated carbocycles. The van der Waals surface area contributed by atoms with Crippen molar-refractivity contribution in [2.24, 2.45) is 10.9 Å². The second kappa shape index (κ2) is 6.07. The minimum absolute atomic E-state index is 0.170. The van der Waals surface area contributed by atoms with Gasteiger partial charge in [-0.2, -0.15) is 0 Å². The van der Waals surface area contributed by atoms with Crippen molar-refractivity contribution in [2.75, 3.05) is 18.4 Å². The summed E-state index contributed by atoms with van der Waals surface area (Å²) in [6.45, 7) is 1.72. The van der Waals surface area contributed by atoms with Crippen molar-refractivity contribution < 1.29 is 4.79 Å². The fraction of sp³-hybridized carbons (Fsp3) is 0.500. The maximum absolute atomic E-state index is 12.2. The molecule has 0 bridgehead atoms. The molecule has 3 rings (SSSR count). The number of aliphatic imine (C=N–C) groups is 1. The summed E-state index contributed by atoms with van der Waals surface area (Å²) in [5, 5.41) is 6.31. The highest BCUT2D eigenvalue weighted by atomic mass is 16.1. The lowest BCUT2D eigenvalue weighted by Crippen LogP contribution is -2.25. The Labute approximate surface area is 119 Å². The van der Waals surface area contributed by atoms with Gasteiger partial charge in [0.2, 0.25) is 5.91 Å². The summed E-state index contributed by atoms with van der Waals surface area (Å²) in [5.41, 5.74) is 1.92. The molecular weight excluding hydrogens is 250 g/mol. The number of nitrogens with zero attached hydrogens (tertiary/aromatic N) is 1. The van der Waals surface area contributed by atoms with Crippen molar-refractivity contribution in [3.63, 3.8) is 0 Å². The van der Waals surface area contributed by atoms with E-state index < -0.39 is 0 Å². The van der Waals surface area contributed by atoms with Gasteiger partial charge in [0.25, 0.3) is 0 Å². The third-order valence-corrected chi connectivity index (χ3v) is 4.05. The zero-order valence-electron chi connectivity index (χ0n) is 11.7. The molecule has 2 N–H and O–H groups in total. The van der Waals surface area contributed by atoms with Gasteiger partial charge in [-0.1, -0.05) is 31.4 Å². The molecule has 1 aliphatic carbocycles. The predicted molar refractivity (Wildman–Crippen MR) is 81.1 cm³/mol. The van der Waals surface area contributed by atoms with Gasteiger partial charge in [-0.3, -0.25) is 9.79 Å². The lowest BCUT2D eigenvalue weighted by atomic mass is 9.88. The van der Waals surface area contributed by atoms with Crippen LogP contribution in [-0.4, -0.2) is 24.8 Å². The van der Waals surface area contributed by atoms with Crippen LogP contribution < -0.4 is 10.6 Å². The van der Waals surface area contributed by atoms with Gasteiger partial charge in [0.05, 0.1) is 6.54 Å². The van der Waals surface area contributed by atoms with Gasteiger partial charge in [0, 0.05) is 23.7 Å². The van der Waals surface area contributed by atoms with Crippen LogP contribution >= 0.6 is 0 Å². The van der Waals surface area contributed by atoms with E-state index in [0.29, 0.717) is 0 Å². The molecule has 0 unspecified atom stereocenters. The van der Waals surface area contributed by atoms with Crippen LogP contribution in [0, 0.1) is 5.92 Å². The molecule has 1 aliphatic heterocycles. The van der Waals surface area contributed by atoms with Crippen molar-refractivity contribution in [3.8, 4) is 0 Å². The van der Waals surface area contributed by atoms with E-state index in [-0.39, 0.29) is 11.8 Å². The van der Waals surface area contributed by atoms with Gasteiger partial charge in [0.1, 0.15) is 5.84 Å². The number of benzene rings is 1. The van der Waals surface area contributed by atoms with Crippen molar-refractivity contribution in [3.05, 3.63) is 29.8 Å². The summed E-state index contributed by atoms with van der Waals surface area (Å²) < 4.78 is 0. The summed E-state index contributed by atoms with van der Waals surface area (Å²) in [6.07, 6.45) is 5.68. The van der Waals surface area contributed by atoms with Crippen LogP contribution in [0.15, 0.2) is 29.3 Å².